The molecule has 0 saturated carbocycles. The van der Waals surface area contributed by atoms with Crippen LogP contribution in [0, 0.1) is 0 Å². The number of pyridine rings is 1. The topological polar surface area (TPSA) is 60.2 Å². The minimum atomic E-state index is -0.0742. The van der Waals surface area contributed by atoms with Gasteiger partial charge in [-0.05, 0) is 54.3 Å². The van der Waals surface area contributed by atoms with Crippen molar-refractivity contribution in [3.8, 4) is 5.75 Å². The summed E-state index contributed by atoms with van der Waals surface area (Å²) in [5.41, 5.74) is 3.87. The lowest BCUT2D eigenvalue weighted by molar-refractivity contribution is 0.0779. The van der Waals surface area contributed by atoms with Gasteiger partial charge in [0.15, 0.2) is 0 Å². The lowest BCUT2D eigenvalue weighted by Gasteiger charge is -2.18. The Balaban J connectivity index is 1.43. The van der Waals surface area contributed by atoms with E-state index < -0.39 is 0 Å². The number of fused-ring (bicyclic) bond motifs is 1. The van der Waals surface area contributed by atoms with Gasteiger partial charge in [-0.2, -0.15) is 0 Å². The Kier molecular flexibility index (Phi) is 7.03. The standard InChI is InChI=1S/C27H30N4O2/c1-20(2)21-11-13-23(14-12-21)33-17-7-16-31-25-10-5-4-9-24(25)29-26(31)19-30(3)27(32)22-8-6-15-28-18-22/h4-6,8-15,18,20H,7,16-17,19H2,1-3H3. The Morgan fingerprint density at radius 1 is 1.06 bits per heavy atom. The highest BCUT2D eigenvalue weighted by Gasteiger charge is 2.17. The maximum absolute atomic E-state index is 12.8. The number of aromatic nitrogens is 3. The minimum absolute atomic E-state index is 0.0742. The molecule has 0 aliphatic rings. The van der Waals surface area contributed by atoms with Crippen LogP contribution in [0.4, 0.5) is 0 Å². The zero-order valence-electron chi connectivity index (χ0n) is 19.4. The average molecular weight is 443 g/mol. The highest BCUT2D eigenvalue weighted by atomic mass is 16.5. The van der Waals surface area contributed by atoms with E-state index in [2.05, 4.69) is 41.6 Å². The second-order valence-electron chi connectivity index (χ2n) is 8.50. The van der Waals surface area contributed by atoms with Gasteiger partial charge in [-0.1, -0.05) is 38.1 Å². The van der Waals surface area contributed by atoms with Crippen molar-refractivity contribution in [2.24, 2.45) is 0 Å². The quantitative estimate of drug-likeness (QED) is 0.330. The first-order valence-electron chi connectivity index (χ1n) is 11.4. The third kappa shape index (κ3) is 5.40. The zero-order valence-corrected chi connectivity index (χ0v) is 19.4. The molecule has 0 N–H and O–H groups in total. The molecule has 170 valence electrons. The number of carbonyl (C=O) groups is 1. The van der Waals surface area contributed by atoms with E-state index in [1.54, 1.807) is 36.5 Å². The van der Waals surface area contributed by atoms with Crippen molar-refractivity contribution in [3.63, 3.8) is 0 Å². The molecule has 4 aromatic rings. The molecule has 0 spiro atoms. The normalized spacial score (nSPS) is 11.2. The van der Waals surface area contributed by atoms with Crippen LogP contribution in [-0.2, 0) is 13.1 Å². The van der Waals surface area contributed by atoms with Crippen LogP contribution in [0.2, 0.25) is 0 Å². The van der Waals surface area contributed by atoms with Crippen molar-refractivity contribution < 1.29 is 9.53 Å². The van der Waals surface area contributed by atoms with E-state index in [4.69, 9.17) is 9.72 Å². The van der Waals surface area contributed by atoms with Crippen molar-refractivity contribution in [3.05, 3.63) is 90.0 Å². The molecule has 0 bridgehead atoms. The predicted octanol–water partition coefficient (Wildman–Crippen LogP) is 5.30. The van der Waals surface area contributed by atoms with E-state index in [9.17, 15) is 4.79 Å². The molecule has 0 unspecified atom stereocenters. The highest BCUT2D eigenvalue weighted by molar-refractivity contribution is 5.93. The summed E-state index contributed by atoms with van der Waals surface area (Å²) in [5, 5.41) is 0. The van der Waals surface area contributed by atoms with Crippen molar-refractivity contribution >= 4 is 16.9 Å². The monoisotopic (exact) mass is 442 g/mol. The van der Waals surface area contributed by atoms with Crippen molar-refractivity contribution in [2.45, 2.75) is 39.3 Å². The van der Waals surface area contributed by atoms with Crippen LogP contribution in [0.25, 0.3) is 11.0 Å². The molecule has 2 aromatic heterocycles. The molecule has 6 heteroatoms. The van der Waals surface area contributed by atoms with Crippen molar-refractivity contribution in [2.75, 3.05) is 13.7 Å². The number of hydrogen-bond acceptors (Lipinski definition) is 4. The fourth-order valence-electron chi connectivity index (χ4n) is 3.85. The second-order valence-corrected chi connectivity index (χ2v) is 8.50. The van der Waals surface area contributed by atoms with E-state index in [-0.39, 0.29) is 5.91 Å². The molecular formula is C27H30N4O2. The molecular weight excluding hydrogens is 412 g/mol. The summed E-state index contributed by atoms with van der Waals surface area (Å²) in [5.74, 6) is 2.18. The van der Waals surface area contributed by atoms with Crippen molar-refractivity contribution in [1.82, 2.24) is 19.4 Å². The molecule has 0 fully saturated rings. The van der Waals surface area contributed by atoms with E-state index >= 15 is 0 Å². The summed E-state index contributed by atoms with van der Waals surface area (Å²) in [6.07, 6.45) is 4.09. The number of nitrogens with zero attached hydrogens (tertiary/aromatic N) is 4. The number of hydrogen-bond donors (Lipinski definition) is 0. The molecule has 1 amide bonds. The van der Waals surface area contributed by atoms with E-state index in [0.717, 1.165) is 35.6 Å². The van der Waals surface area contributed by atoms with Gasteiger partial charge in [0.2, 0.25) is 0 Å². The van der Waals surface area contributed by atoms with Crippen LogP contribution in [0.3, 0.4) is 0 Å². The number of rotatable bonds is 9. The fourth-order valence-corrected chi connectivity index (χ4v) is 3.85. The number of aryl methyl sites for hydroxylation is 1. The average Bonchev–Trinajstić information content (AvgIpc) is 3.19. The summed E-state index contributed by atoms with van der Waals surface area (Å²) in [7, 11) is 1.79. The molecule has 2 aromatic carbocycles. The van der Waals surface area contributed by atoms with Gasteiger partial charge in [-0.15, -0.1) is 0 Å². The van der Waals surface area contributed by atoms with Gasteiger partial charge < -0.3 is 14.2 Å². The number of para-hydroxylation sites is 2. The maximum atomic E-state index is 12.8. The van der Waals surface area contributed by atoms with Gasteiger partial charge in [-0.25, -0.2) is 4.98 Å². The Hall–Kier alpha value is -3.67. The minimum Gasteiger partial charge on any atom is -0.494 e. The third-order valence-corrected chi connectivity index (χ3v) is 5.71. The summed E-state index contributed by atoms with van der Waals surface area (Å²) < 4.78 is 8.15. The first kappa shape index (κ1) is 22.5. The smallest absolute Gasteiger partial charge is 0.255 e. The number of benzene rings is 2. The molecule has 0 radical (unpaired) electrons. The van der Waals surface area contributed by atoms with Gasteiger partial charge in [0, 0.05) is 26.0 Å². The lowest BCUT2D eigenvalue weighted by Crippen LogP contribution is -2.28. The molecule has 6 nitrogen and oxygen atoms in total. The number of imidazole rings is 1. The van der Waals surface area contributed by atoms with Crippen LogP contribution < -0.4 is 4.74 Å². The molecule has 0 saturated heterocycles. The molecule has 0 aliphatic carbocycles. The summed E-state index contributed by atoms with van der Waals surface area (Å²) in [6, 6.07) is 19.9. The summed E-state index contributed by atoms with van der Waals surface area (Å²) in [6.45, 7) is 6.15. The molecule has 2 heterocycles. The maximum Gasteiger partial charge on any atom is 0.255 e. The van der Waals surface area contributed by atoms with Gasteiger partial charge in [0.25, 0.3) is 5.91 Å². The van der Waals surface area contributed by atoms with Crippen LogP contribution in [0.5, 0.6) is 5.75 Å². The molecule has 0 atom stereocenters. The first-order chi connectivity index (χ1) is 16.0. The second kappa shape index (κ2) is 10.3. The van der Waals surface area contributed by atoms with Crippen LogP contribution in [0.15, 0.2) is 73.1 Å². The zero-order chi connectivity index (χ0) is 23.2. The lowest BCUT2D eigenvalue weighted by atomic mass is 10.0. The third-order valence-electron chi connectivity index (χ3n) is 5.71. The Bertz CT molecular complexity index is 1200. The van der Waals surface area contributed by atoms with Crippen LogP contribution in [0.1, 0.15) is 47.9 Å². The number of amides is 1. The van der Waals surface area contributed by atoms with E-state index in [1.165, 1.54) is 5.56 Å². The highest BCUT2D eigenvalue weighted by Crippen LogP contribution is 2.20. The fraction of sp³-hybridized carbons (Fsp3) is 0.296. The molecule has 4 rings (SSSR count). The number of carbonyl (C=O) groups excluding carboxylic acids is 1. The number of ether oxygens (including phenoxy) is 1. The van der Waals surface area contributed by atoms with E-state index in [1.807, 2.05) is 30.3 Å². The Labute approximate surface area is 194 Å². The molecule has 33 heavy (non-hydrogen) atoms. The summed E-state index contributed by atoms with van der Waals surface area (Å²) in [4.78, 5) is 23.3. The van der Waals surface area contributed by atoms with Gasteiger partial charge in [0.05, 0.1) is 29.7 Å². The van der Waals surface area contributed by atoms with Gasteiger partial charge >= 0.3 is 0 Å². The van der Waals surface area contributed by atoms with Gasteiger partial charge in [-0.3, -0.25) is 9.78 Å². The van der Waals surface area contributed by atoms with Crippen LogP contribution in [-0.4, -0.2) is 39.0 Å². The first-order valence-corrected chi connectivity index (χ1v) is 11.4. The van der Waals surface area contributed by atoms with E-state index in [0.29, 0.717) is 24.6 Å². The van der Waals surface area contributed by atoms with Gasteiger partial charge in [0.1, 0.15) is 11.6 Å². The Morgan fingerprint density at radius 2 is 1.85 bits per heavy atom. The van der Waals surface area contributed by atoms with Crippen LogP contribution >= 0.6 is 0 Å². The summed E-state index contributed by atoms with van der Waals surface area (Å²) >= 11 is 0. The largest absolute Gasteiger partial charge is 0.494 e. The predicted molar refractivity (Wildman–Crippen MR) is 130 cm³/mol. The van der Waals surface area contributed by atoms with Crippen molar-refractivity contribution in [1.29, 1.82) is 0 Å². The SMILES string of the molecule is CC(C)c1ccc(OCCCn2c(CN(C)C(=O)c3cccnc3)nc3ccccc32)cc1. The Morgan fingerprint density at radius 3 is 2.58 bits per heavy atom. The molecule has 0 aliphatic heterocycles.